The minimum atomic E-state index is -0.0339. The van der Waals surface area contributed by atoms with Crippen molar-refractivity contribution in [3.63, 3.8) is 0 Å². The number of nitrogens with one attached hydrogen (secondary N) is 1. The number of likely N-dealkylation sites (N-methyl/N-ethyl adjacent to an activating group) is 1. The average Bonchev–Trinajstić information content (AvgIpc) is 2.49. The summed E-state index contributed by atoms with van der Waals surface area (Å²) in [5.74, 6) is -0.0339. The predicted octanol–water partition coefficient (Wildman–Crippen LogP) is 2.29. The van der Waals surface area contributed by atoms with Gasteiger partial charge in [-0.3, -0.25) is 4.79 Å². The molecule has 1 N–H and O–H groups in total. The van der Waals surface area contributed by atoms with E-state index < -0.39 is 0 Å². The fraction of sp³-hybridized carbons (Fsp3) is 0.562. The summed E-state index contributed by atoms with van der Waals surface area (Å²) in [7, 11) is 2.15. The average molecular weight is 344 g/mol. The first kappa shape index (κ1) is 17.5. The Morgan fingerprint density at radius 3 is 2.45 bits per heavy atom. The number of rotatable bonds is 6. The zero-order valence-electron chi connectivity index (χ0n) is 12.9. The van der Waals surface area contributed by atoms with E-state index in [-0.39, 0.29) is 12.3 Å². The van der Waals surface area contributed by atoms with Crippen molar-refractivity contribution in [2.45, 2.75) is 12.8 Å². The Bertz CT molecular complexity index is 482. The van der Waals surface area contributed by atoms with Crippen LogP contribution in [-0.4, -0.2) is 62.0 Å². The van der Waals surface area contributed by atoms with Gasteiger partial charge in [0.1, 0.15) is 0 Å². The third-order valence-corrected chi connectivity index (χ3v) is 4.68. The van der Waals surface area contributed by atoms with Crippen molar-refractivity contribution in [3.8, 4) is 0 Å². The molecule has 0 unspecified atom stereocenters. The first-order valence-corrected chi connectivity index (χ1v) is 8.42. The Balaban J connectivity index is 1.66. The maximum atomic E-state index is 12.0. The smallest absolute Gasteiger partial charge is 0.224 e. The minimum Gasteiger partial charge on any atom is -0.356 e. The summed E-state index contributed by atoms with van der Waals surface area (Å²) >= 11 is 12.1. The lowest BCUT2D eigenvalue weighted by Gasteiger charge is -2.32. The molecule has 1 aromatic carbocycles. The largest absolute Gasteiger partial charge is 0.356 e. The van der Waals surface area contributed by atoms with Gasteiger partial charge in [-0.25, -0.2) is 0 Å². The summed E-state index contributed by atoms with van der Waals surface area (Å²) in [5.41, 5.74) is 0.697. The molecular formula is C16H23Cl2N3O. The van der Waals surface area contributed by atoms with E-state index in [4.69, 9.17) is 23.2 Å². The van der Waals surface area contributed by atoms with Crippen LogP contribution in [0.5, 0.6) is 0 Å². The third kappa shape index (κ3) is 5.43. The van der Waals surface area contributed by atoms with Gasteiger partial charge in [0.2, 0.25) is 5.91 Å². The highest BCUT2D eigenvalue weighted by atomic mass is 35.5. The summed E-state index contributed by atoms with van der Waals surface area (Å²) in [4.78, 5) is 16.7. The minimum absolute atomic E-state index is 0.0339. The molecule has 0 saturated carbocycles. The molecule has 2 rings (SSSR count). The zero-order chi connectivity index (χ0) is 15.9. The molecule has 0 aromatic heterocycles. The van der Waals surface area contributed by atoms with Crippen molar-refractivity contribution in [1.29, 1.82) is 0 Å². The van der Waals surface area contributed by atoms with Crippen molar-refractivity contribution in [3.05, 3.63) is 33.8 Å². The highest BCUT2D eigenvalue weighted by Crippen LogP contribution is 2.24. The molecular weight excluding hydrogens is 321 g/mol. The maximum Gasteiger partial charge on any atom is 0.224 e. The summed E-state index contributed by atoms with van der Waals surface area (Å²) in [6.07, 6.45) is 1.19. The van der Waals surface area contributed by atoms with Crippen LogP contribution in [0, 0.1) is 0 Å². The molecule has 1 aliphatic rings. The zero-order valence-corrected chi connectivity index (χ0v) is 14.5. The molecule has 22 heavy (non-hydrogen) atoms. The van der Waals surface area contributed by atoms with Crippen LogP contribution >= 0.6 is 23.2 Å². The van der Waals surface area contributed by atoms with Crippen LogP contribution in [0.1, 0.15) is 12.0 Å². The SMILES string of the molecule is CN1CCN(CCCNC(=O)Cc2c(Cl)cccc2Cl)CC1. The van der Waals surface area contributed by atoms with Crippen molar-refractivity contribution < 1.29 is 4.79 Å². The van der Waals surface area contributed by atoms with Crippen LogP contribution in [0.2, 0.25) is 10.0 Å². The van der Waals surface area contributed by atoms with Gasteiger partial charge < -0.3 is 15.1 Å². The number of piperazine rings is 1. The van der Waals surface area contributed by atoms with Crippen LogP contribution in [0.15, 0.2) is 18.2 Å². The Labute approximate surface area is 142 Å². The number of carbonyl (C=O) groups excluding carboxylic acids is 1. The van der Waals surface area contributed by atoms with Crippen LogP contribution in [0.3, 0.4) is 0 Å². The molecule has 1 aromatic rings. The second-order valence-corrected chi connectivity index (χ2v) is 6.54. The molecule has 122 valence electrons. The van der Waals surface area contributed by atoms with E-state index in [1.165, 1.54) is 0 Å². The highest BCUT2D eigenvalue weighted by Gasteiger charge is 2.13. The van der Waals surface area contributed by atoms with E-state index in [0.29, 0.717) is 22.2 Å². The number of carbonyl (C=O) groups is 1. The lowest BCUT2D eigenvalue weighted by molar-refractivity contribution is -0.120. The quantitative estimate of drug-likeness (QED) is 0.805. The van der Waals surface area contributed by atoms with Gasteiger partial charge in [0.15, 0.2) is 0 Å². The van der Waals surface area contributed by atoms with Gasteiger partial charge in [-0.05, 0) is 37.7 Å². The van der Waals surface area contributed by atoms with Crippen LogP contribution in [0.25, 0.3) is 0 Å². The van der Waals surface area contributed by atoms with Gasteiger partial charge in [0, 0.05) is 42.8 Å². The molecule has 1 heterocycles. The van der Waals surface area contributed by atoms with E-state index in [2.05, 4.69) is 22.2 Å². The molecule has 0 aliphatic carbocycles. The molecule has 0 radical (unpaired) electrons. The van der Waals surface area contributed by atoms with Gasteiger partial charge in [-0.1, -0.05) is 29.3 Å². The summed E-state index contributed by atoms with van der Waals surface area (Å²) < 4.78 is 0. The lowest BCUT2D eigenvalue weighted by atomic mass is 10.1. The Kier molecular flexibility index (Phi) is 6.96. The molecule has 1 fully saturated rings. The maximum absolute atomic E-state index is 12.0. The van der Waals surface area contributed by atoms with Crippen LogP contribution in [0.4, 0.5) is 0 Å². The summed E-state index contributed by atoms with van der Waals surface area (Å²) in [6.45, 7) is 6.18. The standard InChI is InChI=1S/C16H23Cl2N3O/c1-20-8-10-21(11-9-20)7-3-6-19-16(22)12-13-14(17)4-2-5-15(13)18/h2,4-5H,3,6-12H2,1H3,(H,19,22). The number of hydrogen-bond acceptors (Lipinski definition) is 3. The number of hydrogen-bond donors (Lipinski definition) is 1. The Morgan fingerprint density at radius 2 is 1.82 bits per heavy atom. The molecule has 6 heteroatoms. The fourth-order valence-corrected chi connectivity index (χ4v) is 3.06. The van der Waals surface area contributed by atoms with Crippen LogP contribution in [-0.2, 0) is 11.2 Å². The van der Waals surface area contributed by atoms with E-state index >= 15 is 0 Å². The van der Waals surface area contributed by atoms with Crippen molar-refractivity contribution >= 4 is 29.1 Å². The molecule has 1 saturated heterocycles. The highest BCUT2D eigenvalue weighted by molar-refractivity contribution is 6.36. The summed E-state index contributed by atoms with van der Waals surface area (Å²) in [5, 5.41) is 4.02. The molecule has 4 nitrogen and oxygen atoms in total. The topological polar surface area (TPSA) is 35.6 Å². The number of amides is 1. The fourth-order valence-electron chi connectivity index (χ4n) is 2.53. The molecule has 0 spiro atoms. The second-order valence-electron chi connectivity index (χ2n) is 5.73. The van der Waals surface area contributed by atoms with Gasteiger partial charge in [0.25, 0.3) is 0 Å². The van der Waals surface area contributed by atoms with E-state index in [9.17, 15) is 4.79 Å². The summed E-state index contributed by atoms with van der Waals surface area (Å²) in [6, 6.07) is 5.29. The van der Waals surface area contributed by atoms with E-state index in [1.807, 2.05) is 0 Å². The Morgan fingerprint density at radius 1 is 1.18 bits per heavy atom. The molecule has 0 atom stereocenters. The molecule has 1 aliphatic heterocycles. The normalized spacial score (nSPS) is 16.7. The Hall–Kier alpha value is -0.810. The second kappa shape index (κ2) is 8.73. The predicted molar refractivity (Wildman–Crippen MR) is 91.7 cm³/mol. The lowest BCUT2D eigenvalue weighted by Crippen LogP contribution is -2.45. The van der Waals surface area contributed by atoms with Crippen molar-refractivity contribution in [2.24, 2.45) is 0 Å². The number of nitrogens with zero attached hydrogens (tertiary/aromatic N) is 2. The van der Waals surface area contributed by atoms with E-state index in [1.54, 1.807) is 18.2 Å². The third-order valence-electron chi connectivity index (χ3n) is 3.97. The van der Waals surface area contributed by atoms with Crippen molar-refractivity contribution in [1.82, 2.24) is 15.1 Å². The monoisotopic (exact) mass is 343 g/mol. The van der Waals surface area contributed by atoms with Crippen LogP contribution < -0.4 is 5.32 Å². The van der Waals surface area contributed by atoms with Gasteiger partial charge in [-0.15, -0.1) is 0 Å². The van der Waals surface area contributed by atoms with Gasteiger partial charge in [0.05, 0.1) is 6.42 Å². The first-order valence-electron chi connectivity index (χ1n) is 7.67. The van der Waals surface area contributed by atoms with Crippen molar-refractivity contribution in [2.75, 3.05) is 46.3 Å². The molecule has 0 bridgehead atoms. The van der Waals surface area contributed by atoms with Gasteiger partial charge in [-0.2, -0.15) is 0 Å². The first-order chi connectivity index (χ1) is 10.6. The number of benzene rings is 1. The number of halogens is 2. The van der Waals surface area contributed by atoms with Gasteiger partial charge >= 0.3 is 0 Å². The molecule has 1 amide bonds. The van der Waals surface area contributed by atoms with E-state index in [0.717, 1.165) is 39.1 Å².